The molecule has 7 heteroatoms. The Kier molecular flexibility index (Phi) is 7.73. The van der Waals surface area contributed by atoms with Gasteiger partial charge in [-0.25, -0.2) is 0 Å². The highest BCUT2D eigenvalue weighted by Gasteiger charge is 2.06. The van der Waals surface area contributed by atoms with Crippen molar-refractivity contribution in [1.82, 2.24) is 0 Å². The number of carbonyl (C=O) groups is 1. The van der Waals surface area contributed by atoms with Gasteiger partial charge in [-0.1, -0.05) is 15.9 Å². The van der Waals surface area contributed by atoms with Crippen molar-refractivity contribution in [3.8, 4) is 5.75 Å². The molecule has 0 saturated carbocycles. The number of carboxylic acids is 1. The van der Waals surface area contributed by atoms with Gasteiger partial charge in [0, 0.05) is 18.5 Å². The third-order valence-corrected chi connectivity index (χ3v) is 2.06. The van der Waals surface area contributed by atoms with Gasteiger partial charge in [-0.2, -0.15) is 0 Å². The predicted molar refractivity (Wildman–Crippen MR) is 71.0 cm³/mol. The molecule has 0 radical (unpaired) electrons. The summed E-state index contributed by atoms with van der Waals surface area (Å²) in [6, 6.07) is 5.27. The molecule has 0 unspecified atom stereocenters. The summed E-state index contributed by atoms with van der Waals surface area (Å²) < 4.78 is 10.9. The van der Waals surface area contributed by atoms with Crippen LogP contribution in [0.5, 0.6) is 5.75 Å². The van der Waals surface area contributed by atoms with Crippen LogP contribution in [0.3, 0.4) is 0 Å². The molecule has 0 aromatic heterocycles. The molecule has 1 aromatic carbocycles. The molecule has 0 fully saturated rings. The third kappa shape index (κ3) is 6.87. The molecule has 0 atom stereocenters. The van der Waals surface area contributed by atoms with E-state index in [-0.39, 0.29) is 12.6 Å². The lowest BCUT2D eigenvalue weighted by Crippen LogP contribution is -2.13. The van der Waals surface area contributed by atoms with Crippen LogP contribution in [0.25, 0.3) is 0 Å². The first-order valence-electron chi connectivity index (χ1n) is 4.83. The zero-order valence-corrected chi connectivity index (χ0v) is 11.7. The van der Waals surface area contributed by atoms with Crippen molar-refractivity contribution >= 4 is 27.7 Å². The normalized spacial score (nSPS) is 9.06. The van der Waals surface area contributed by atoms with Gasteiger partial charge in [0.2, 0.25) is 0 Å². The number of benzene rings is 1. The molecular formula is C11H15BrN2O4. The van der Waals surface area contributed by atoms with Crippen LogP contribution in [0.2, 0.25) is 0 Å². The van der Waals surface area contributed by atoms with Crippen LogP contribution in [0.1, 0.15) is 12.5 Å². The first-order valence-corrected chi connectivity index (χ1v) is 5.63. The molecule has 0 saturated heterocycles. The Hall–Kier alpha value is -1.60. The van der Waals surface area contributed by atoms with E-state index in [9.17, 15) is 0 Å². The summed E-state index contributed by atoms with van der Waals surface area (Å²) >= 11 is 3.31. The van der Waals surface area contributed by atoms with E-state index in [0.717, 1.165) is 11.4 Å². The second-order valence-electron chi connectivity index (χ2n) is 3.12. The van der Waals surface area contributed by atoms with E-state index in [4.69, 9.17) is 30.5 Å². The molecule has 0 spiro atoms. The van der Waals surface area contributed by atoms with E-state index in [0.29, 0.717) is 11.3 Å². The van der Waals surface area contributed by atoms with Gasteiger partial charge < -0.3 is 20.3 Å². The van der Waals surface area contributed by atoms with Crippen molar-refractivity contribution in [3.63, 3.8) is 0 Å². The molecule has 0 heterocycles. The van der Waals surface area contributed by atoms with Gasteiger partial charge in [0.25, 0.3) is 5.97 Å². The highest BCUT2D eigenvalue weighted by Crippen LogP contribution is 2.23. The Morgan fingerprint density at radius 1 is 1.56 bits per heavy atom. The number of amidine groups is 1. The lowest BCUT2D eigenvalue weighted by atomic mass is 10.2. The van der Waals surface area contributed by atoms with Crippen molar-refractivity contribution in [2.24, 2.45) is 5.73 Å². The average Bonchev–Trinajstić information content (AvgIpc) is 2.25. The minimum atomic E-state index is -0.833. The van der Waals surface area contributed by atoms with Gasteiger partial charge in [-0.05, 0) is 18.2 Å². The Balaban J connectivity index is 0.000000631. The predicted octanol–water partition coefficient (Wildman–Crippen LogP) is 1.81. The van der Waals surface area contributed by atoms with Gasteiger partial charge in [0.05, 0.1) is 5.56 Å². The lowest BCUT2D eigenvalue weighted by Gasteiger charge is -2.09. The van der Waals surface area contributed by atoms with Gasteiger partial charge in [0.15, 0.2) is 6.79 Å². The molecule has 0 aliphatic carbocycles. The SMILES string of the molecule is CC(=O)O.COCOc1cc(Br)ccc1C(=N)N. The zero-order chi connectivity index (χ0) is 14.1. The van der Waals surface area contributed by atoms with E-state index >= 15 is 0 Å². The van der Waals surface area contributed by atoms with Gasteiger partial charge >= 0.3 is 0 Å². The van der Waals surface area contributed by atoms with Crippen LogP contribution in [-0.2, 0) is 9.53 Å². The number of rotatable bonds is 4. The molecule has 6 nitrogen and oxygen atoms in total. The molecular weight excluding hydrogens is 304 g/mol. The van der Waals surface area contributed by atoms with E-state index in [1.54, 1.807) is 18.2 Å². The largest absolute Gasteiger partial charge is 0.481 e. The number of aliphatic carboxylic acids is 1. The van der Waals surface area contributed by atoms with Crippen LogP contribution < -0.4 is 10.5 Å². The van der Waals surface area contributed by atoms with E-state index in [1.807, 2.05) is 0 Å². The molecule has 0 bridgehead atoms. The molecule has 18 heavy (non-hydrogen) atoms. The number of ether oxygens (including phenoxy) is 2. The van der Waals surface area contributed by atoms with Crippen LogP contribution in [0.15, 0.2) is 22.7 Å². The van der Waals surface area contributed by atoms with Gasteiger partial charge in [-0.15, -0.1) is 0 Å². The second kappa shape index (κ2) is 8.48. The van der Waals surface area contributed by atoms with Crippen LogP contribution in [0.4, 0.5) is 0 Å². The number of nitrogens with one attached hydrogen (secondary N) is 1. The Labute approximate surface area is 113 Å². The number of nitrogen functional groups attached to an aromatic ring is 1. The van der Waals surface area contributed by atoms with Crippen molar-refractivity contribution in [2.75, 3.05) is 13.9 Å². The van der Waals surface area contributed by atoms with Crippen molar-refractivity contribution in [3.05, 3.63) is 28.2 Å². The quantitative estimate of drug-likeness (QED) is 0.446. The Bertz CT molecular complexity index is 420. The number of hydrogen-bond donors (Lipinski definition) is 3. The van der Waals surface area contributed by atoms with Crippen molar-refractivity contribution < 1.29 is 19.4 Å². The Morgan fingerprint density at radius 2 is 2.11 bits per heavy atom. The molecule has 4 N–H and O–H groups in total. The molecule has 0 amide bonds. The van der Waals surface area contributed by atoms with E-state index in [2.05, 4.69) is 15.9 Å². The third-order valence-electron chi connectivity index (χ3n) is 1.57. The Morgan fingerprint density at radius 3 is 2.56 bits per heavy atom. The number of halogens is 1. The summed E-state index contributed by atoms with van der Waals surface area (Å²) in [4.78, 5) is 9.00. The summed E-state index contributed by atoms with van der Waals surface area (Å²) in [6.07, 6.45) is 0. The van der Waals surface area contributed by atoms with Crippen LogP contribution in [0, 0.1) is 5.41 Å². The van der Waals surface area contributed by atoms with E-state index in [1.165, 1.54) is 7.11 Å². The molecule has 1 aromatic rings. The molecule has 1 rings (SSSR count). The zero-order valence-electron chi connectivity index (χ0n) is 10.1. The summed E-state index contributed by atoms with van der Waals surface area (Å²) in [5.74, 6) is -0.322. The number of nitrogens with two attached hydrogens (primary N) is 1. The fourth-order valence-electron chi connectivity index (χ4n) is 0.961. The van der Waals surface area contributed by atoms with Crippen LogP contribution >= 0.6 is 15.9 Å². The number of carboxylic acid groups (broad SMARTS) is 1. The summed E-state index contributed by atoms with van der Waals surface area (Å²) in [7, 11) is 1.53. The fourth-order valence-corrected chi connectivity index (χ4v) is 1.30. The average molecular weight is 319 g/mol. The highest BCUT2D eigenvalue weighted by molar-refractivity contribution is 9.10. The van der Waals surface area contributed by atoms with Crippen molar-refractivity contribution in [2.45, 2.75) is 6.92 Å². The topological polar surface area (TPSA) is 106 Å². The number of methoxy groups -OCH3 is 1. The highest BCUT2D eigenvalue weighted by atomic mass is 79.9. The maximum Gasteiger partial charge on any atom is 0.300 e. The van der Waals surface area contributed by atoms with Crippen LogP contribution in [-0.4, -0.2) is 30.8 Å². The first kappa shape index (κ1) is 16.4. The lowest BCUT2D eigenvalue weighted by molar-refractivity contribution is -0.134. The summed E-state index contributed by atoms with van der Waals surface area (Å²) in [5, 5.41) is 14.7. The summed E-state index contributed by atoms with van der Waals surface area (Å²) in [5.41, 5.74) is 5.94. The van der Waals surface area contributed by atoms with Gasteiger partial charge in [0.1, 0.15) is 11.6 Å². The minimum absolute atomic E-state index is 0.0244. The molecule has 0 aliphatic rings. The maximum absolute atomic E-state index is 9.00. The standard InChI is InChI=1S/C9H11BrN2O2.C2H4O2/c1-13-5-14-8-4-6(10)2-3-7(8)9(11)12;1-2(3)4/h2-4H,5H2,1H3,(H3,11,12);1H3,(H,3,4). The van der Waals surface area contributed by atoms with E-state index < -0.39 is 5.97 Å². The fraction of sp³-hybridized carbons (Fsp3) is 0.273. The van der Waals surface area contributed by atoms with Crippen molar-refractivity contribution in [1.29, 1.82) is 5.41 Å². The summed E-state index contributed by atoms with van der Waals surface area (Å²) in [6.45, 7) is 1.22. The monoisotopic (exact) mass is 318 g/mol. The van der Waals surface area contributed by atoms with Gasteiger partial charge in [-0.3, -0.25) is 10.2 Å². The minimum Gasteiger partial charge on any atom is -0.481 e. The smallest absolute Gasteiger partial charge is 0.300 e. The first-order chi connectivity index (χ1) is 8.38. The number of hydrogen-bond acceptors (Lipinski definition) is 4. The maximum atomic E-state index is 9.00. The molecule has 0 aliphatic heterocycles. The second-order valence-corrected chi connectivity index (χ2v) is 4.04. The molecule has 100 valence electrons.